The average Bonchev–Trinajstić information content (AvgIpc) is 2.69. The zero-order valence-corrected chi connectivity index (χ0v) is 6.74. The molecule has 1 aromatic carbocycles. The van der Waals surface area contributed by atoms with Gasteiger partial charge in [-0.05, 0) is 12.5 Å². The highest BCUT2D eigenvalue weighted by atomic mass is 16.8. The lowest BCUT2D eigenvalue weighted by atomic mass is 10.1. The van der Waals surface area contributed by atoms with Gasteiger partial charge >= 0.3 is 0 Å². The summed E-state index contributed by atoms with van der Waals surface area (Å²) in [5.74, 6) is 0. The predicted octanol–water partition coefficient (Wildman–Crippen LogP) is 1.87. The van der Waals surface area contributed by atoms with Gasteiger partial charge in [-0.15, -0.1) is 0 Å². The van der Waals surface area contributed by atoms with Gasteiger partial charge in [0.1, 0.15) is 0 Å². The summed E-state index contributed by atoms with van der Waals surface area (Å²) in [6.07, 6.45) is 0.204. The number of hydrogen-bond acceptors (Lipinski definition) is 2. The smallest absolute Gasteiger partial charge is 0.179 e. The van der Waals surface area contributed by atoms with Gasteiger partial charge < -0.3 is 0 Å². The van der Waals surface area contributed by atoms with Crippen LogP contribution in [0.15, 0.2) is 24.3 Å². The van der Waals surface area contributed by atoms with Crippen LogP contribution in [0.1, 0.15) is 17.4 Å². The minimum Gasteiger partial charge on any atom is -0.270 e. The second-order valence-corrected chi connectivity index (χ2v) is 2.91. The molecule has 1 unspecified atom stereocenters. The van der Waals surface area contributed by atoms with Gasteiger partial charge in [0.2, 0.25) is 0 Å². The first-order valence-electron chi connectivity index (χ1n) is 3.73. The van der Waals surface area contributed by atoms with E-state index in [0.717, 1.165) is 0 Å². The van der Waals surface area contributed by atoms with Gasteiger partial charge in [0.05, 0.1) is 0 Å². The molecular formula is C9H11NO. The van der Waals surface area contributed by atoms with Crippen LogP contribution < -0.4 is 0 Å². The lowest BCUT2D eigenvalue weighted by Gasteiger charge is -1.94. The summed E-state index contributed by atoms with van der Waals surface area (Å²) in [7, 11) is 1.94. The Morgan fingerprint density at radius 2 is 1.82 bits per heavy atom. The third-order valence-corrected chi connectivity index (χ3v) is 1.91. The van der Waals surface area contributed by atoms with E-state index in [1.54, 1.807) is 0 Å². The van der Waals surface area contributed by atoms with Crippen LogP contribution in [0, 0.1) is 6.92 Å². The van der Waals surface area contributed by atoms with E-state index < -0.39 is 0 Å². The third kappa shape index (κ3) is 1.27. The molecule has 2 nitrogen and oxygen atoms in total. The molecule has 2 rings (SSSR count). The van der Waals surface area contributed by atoms with Gasteiger partial charge in [0, 0.05) is 7.05 Å². The predicted molar refractivity (Wildman–Crippen MR) is 42.8 cm³/mol. The largest absolute Gasteiger partial charge is 0.270 e. The van der Waals surface area contributed by atoms with Crippen molar-refractivity contribution in [3.63, 3.8) is 0 Å². The number of rotatable bonds is 1. The molecule has 11 heavy (non-hydrogen) atoms. The van der Waals surface area contributed by atoms with Crippen LogP contribution in [-0.4, -0.2) is 12.1 Å². The number of hydroxylamine groups is 2. The topological polar surface area (TPSA) is 15.5 Å². The van der Waals surface area contributed by atoms with Gasteiger partial charge in [-0.2, -0.15) is 5.06 Å². The maximum absolute atomic E-state index is 5.18. The second-order valence-electron chi connectivity index (χ2n) is 2.91. The van der Waals surface area contributed by atoms with Crippen molar-refractivity contribution >= 4 is 0 Å². The zero-order chi connectivity index (χ0) is 7.84. The molecule has 1 saturated heterocycles. The van der Waals surface area contributed by atoms with Crippen LogP contribution in [0.5, 0.6) is 0 Å². The van der Waals surface area contributed by atoms with Crippen molar-refractivity contribution in [1.29, 1.82) is 0 Å². The number of hydrogen-bond donors (Lipinski definition) is 0. The minimum absolute atomic E-state index is 0.204. The molecule has 1 aliphatic rings. The van der Waals surface area contributed by atoms with Crippen molar-refractivity contribution < 1.29 is 4.84 Å². The van der Waals surface area contributed by atoms with Crippen LogP contribution in [0.25, 0.3) is 0 Å². The Hall–Kier alpha value is -0.860. The minimum atomic E-state index is 0.204. The van der Waals surface area contributed by atoms with E-state index >= 15 is 0 Å². The first kappa shape index (κ1) is 6.83. The van der Waals surface area contributed by atoms with Gasteiger partial charge in [-0.3, -0.25) is 4.84 Å². The summed E-state index contributed by atoms with van der Waals surface area (Å²) in [5.41, 5.74) is 2.52. The second kappa shape index (κ2) is 2.32. The lowest BCUT2D eigenvalue weighted by Crippen LogP contribution is -1.87. The normalized spacial score (nSPS) is 28.5. The number of nitrogens with zero attached hydrogens (tertiary/aromatic N) is 1. The zero-order valence-electron chi connectivity index (χ0n) is 6.74. The summed E-state index contributed by atoms with van der Waals surface area (Å²) in [5, 5.41) is 1.84. The summed E-state index contributed by atoms with van der Waals surface area (Å²) in [6.45, 7) is 2.08. The highest BCUT2D eigenvalue weighted by molar-refractivity contribution is 5.23. The Morgan fingerprint density at radius 1 is 1.27 bits per heavy atom. The first-order chi connectivity index (χ1) is 5.27. The first-order valence-corrected chi connectivity index (χ1v) is 3.73. The van der Waals surface area contributed by atoms with Crippen LogP contribution >= 0.6 is 0 Å². The van der Waals surface area contributed by atoms with Crippen molar-refractivity contribution in [3.8, 4) is 0 Å². The van der Waals surface area contributed by atoms with Crippen molar-refractivity contribution in [2.24, 2.45) is 0 Å². The SMILES string of the molecule is Cc1ccc([C@H]2ON2C)cc1. The fraction of sp³-hybridized carbons (Fsp3) is 0.333. The molecule has 0 amide bonds. The van der Waals surface area contributed by atoms with Gasteiger partial charge in [-0.1, -0.05) is 29.8 Å². The molecule has 2 atom stereocenters. The van der Waals surface area contributed by atoms with Crippen molar-refractivity contribution in [3.05, 3.63) is 35.4 Å². The lowest BCUT2D eigenvalue weighted by molar-refractivity contribution is 0.233. The molecule has 1 aromatic rings. The fourth-order valence-corrected chi connectivity index (χ4v) is 1.13. The Bertz CT molecular complexity index is 255. The molecule has 2 heteroatoms. The molecule has 0 saturated carbocycles. The molecule has 1 heterocycles. The molecular weight excluding hydrogens is 138 g/mol. The Morgan fingerprint density at radius 3 is 2.27 bits per heavy atom. The van der Waals surface area contributed by atoms with Crippen LogP contribution in [0.4, 0.5) is 0 Å². The summed E-state index contributed by atoms with van der Waals surface area (Å²) in [6, 6.07) is 8.41. The molecule has 1 fully saturated rings. The maximum atomic E-state index is 5.18. The van der Waals surface area contributed by atoms with Gasteiger partial charge in [-0.25, -0.2) is 0 Å². The van der Waals surface area contributed by atoms with E-state index in [4.69, 9.17) is 4.84 Å². The quantitative estimate of drug-likeness (QED) is 0.566. The highest BCUT2D eigenvalue weighted by Gasteiger charge is 2.33. The van der Waals surface area contributed by atoms with E-state index in [2.05, 4.69) is 31.2 Å². The van der Waals surface area contributed by atoms with Gasteiger partial charge in [0.25, 0.3) is 0 Å². The van der Waals surface area contributed by atoms with Crippen LogP contribution in [0.2, 0.25) is 0 Å². The molecule has 0 aromatic heterocycles. The summed E-state index contributed by atoms with van der Waals surface area (Å²) >= 11 is 0. The fourth-order valence-electron chi connectivity index (χ4n) is 1.13. The van der Waals surface area contributed by atoms with Crippen molar-refractivity contribution in [1.82, 2.24) is 5.06 Å². The van der Waals surface area contributed by atoms with E-state index in [1.807, 2.05) is 12.1 Å². The maximum Gasteiger partial charge on any atom is 0.179 e. The number of aryl methyl sites for hydroxylation is 1. The Labute approximate surface area is 66.3 Å². The van der Waals surface area contributed by atoms with E-state index in [9.17, 15) is 0 Å². The molecule has 1 aliphatic heterocycles. The molecule has 0 bridgehead atoms. The molecule has 58 valence electrons. The van der Waals surface area contributed by atoms with Crippen molar-refractivity contribution in [2.45, 2.75) is 13.2 Å². The average molecular weight is 149 g/mol. The molecule has 0 N–H and O–H groups in total. The standard InChI is InChI=1S/C9H11NO/c1-7-3-5-8(6-4-7)9-10(2)11-9/h3-6,9H,1-2H3/t9-,10?/m1/s1. The van der Waals surface area contributed by atoms with Crippen LogP contribution in [0.3, 0.4) is 0 Å². The third-order valence-electron chi connectivity index (χ3n) is 1.91. The Kier molecular flexibility index (Phi) is 1.44. The summed E-state index contributed by atoms with van der Waals surface area (Å²) in [4.78, 5) is 5.18. The van der Waals surface area contributed by atoms with E-state index in [0.29, 0.717) is 0 Å². The Balaban J connectivity index is 2.21. The molecule has 0 radical (unpaired) electrons. The number of benzene rings is 1. The molecule has 0 aliphatic carbocycles. The van der Waals surface area contributed by atoms with E-state index in [-0.39, 0.29) is 6.23 Å². The highest BCUT2D eigenvalue weighted by Crippen LogP contribution is 2.34. The van der Waals surface area contributed by atoms with E-state index in [1.165, 1.54) is 11.1 Å². The van der Waals surface area contributed by atoms with Crippen LogP contribution in [-0.2, 0) is 4.84 Å². The van der Waals surface area contributed by atoms with Gasteiger partial charge in [0.15, 0.2) is 6.23 Å². The monoisotopic (exact) mass is 149 g/mol. The van der Waals surface area contributed by atoms with Crippen molar-refractivity contribution in [2.75, 3.05) is 7.05 Å². The molecule has 0 spiro atoms. The summed E-state index contributed by atoms with van der Waals surface area (Å²) < 4.78 is 0.